The van der Waals surface area contributed by atoms with Crippen LogP contribution >= 0.6 is 11.8 Å². The number of morpholine rings is 1. The Morgan fingerprint density at radius 1 is 1.39 bits per heavy atom. The average molecular weight is 359 g/mol. The maximum absolute atomic E-state index is 12.4. The molecule has 128 valence electrons. The molecule has 2 heterocycles. The maximum Gasteiger partial charge on any atom is 0.244 e. The number of hydrogen-bond donors (Lipinski definition) is 1. The highest BCUT2D eigenvalue weighted by molar-refractivity contribution is 7.99. The molecule has 9 heteroatoms. The fraction of sp³-hybridized carbons (Fsp3) is 0.571. The van der Waals surface area contributed by atoms with Gasteiger partial charge in [0.05, 0.1) is 24.0 Å². The lowest BCUT2D eigenvalue weighted by Gasteiger charge is -2.25. The Labute approximate surface area is 140 Å². The summed E-state index contributed by atoms with van der Waals surface area (Å²) in [6.45, 7) is 5.32. The van der Waals surface area contributed by atoms with Gasteiger partial charge in [-0.25, -0.2) is 13.4 Å². The molecule has 23 heavy (non-hydrogen) atoms. The third-order valence-corrected chi connectivity index (χ3v) is 5.94. The fourth-order valence-electron chi connectivity index (χ4n) is 2.04. The monoisotopic (exact) mass is 359 g/mol. The van der Waals surface area contributed by atoms with E-state index in [1.165, 1.54) is 28.3 Å². The van der Waals surface area contributed by atoms with E-state index in [9.17, 15) is 13.2 Å². The van der Waals surface area contributed by atoms with E-state index in [1.807, 2.05) is 13.8 Å². The molecule has 0 saturated carbocycles. The van der Waals surface area contributed by atoms with E-state index in [-0.39, 0.29) is 22.6 Å². The van der Waals surface area contributed by atoms with Crippen LogP contribution < -0.4 is 5.32 Å². The van der Waals surface area contributed by atoms with Crippen LogP contribution in [0.2, 0.25) is 0 Å². The first-order valence-corrected chi connectivity index (χ1v) is 9.78. The molecule has 1 N–H and O–H groups in total. The Morgan fingerprint density at radius 2 is 2.09 bits per heavy atom. The summed E-state index contributed by atoms with van der Waals surface area (Å²) in [5.41, 5.74) is 0. The topological polar surface area (TPSA) is 88.6 Å². The Hall–Kier alpha value is -1.16. The number of ether oxygens (including phenoxy) is 1. The minimum atomic E-state index is -3.52. The molecule has 0 unspecified atom stereocenters. The summed E-state index contributed by atoms with van der Waals surface area (Å²) in [6, 6.07) is 3.25. The highest BCUT2D eigenvalue weighted by Gasteiger charge is 2.26. The average Bonchev–Trinajstić information content (AvgIpc) is 2.53. The summed E-state index contributed by atoms with van der Waals surface area (Å²) in [5.74, 6) is 0.178. The molecule has 0 bridgehead atoms. The van der Waals surface area contributed by atoms with Crippen LogP contribution in [-0.4, -0.2) is 61.7 Å². The number of nitrogens with one attached hydrogen (secondary N) is 1. The third-order valence-electron chi connectivity index (χ3n) is 3.12. The number of hydrogen-bond acceptors (Lipinski definition) is 6. The van der Waals surface area contributed by atoms with Gasteiger partial charge in [-0.3, -0.25) is 4.79 Å². The summed E-state index contributed by atoms with van der Waals surface area (Å²) >= 11 is 1.27. The number of aromatic nitrogens is 1. The molecular weight excluding hydrogens is 338 g/mol. The Balaban J connectivity index is 1.97. The van der Waals surface area contributed by atoms with Gasteiger partial charge in [0.1, 0.15) is 4.90 Å². The van der Waals surface area contributed by atoms with Crippen LogP contribution in [0.3, 0.4) is 0 Å². The number of amides is 1. The van der Waals surface area contributed by atoms with E-state index in [0.29, 0.717) is 31.3 Å². The number of sulfonamides is 1. The SMILES string of the molecule is CC(C)NC(=O)CSc1ccc(S(=O)(=O)N2CCOCC2)cn1. The zero-order valence-electron chi connectivity index (χ0n) is 13.2. The van der Waals surface area contributed by atoms with Gasteiger partial charge in [0, 0.05) is 25.3 Å². The van der Waals surface area contributed by atoms with E-state index in [2.05, 4.69) is 10.3 Å². The molecule has 1 amide bonds. The summed E-state index contributed by atoms with van der Waals surface area (Å²) < 4.78 is 31.5. The van der Waals surface area contributed by atoms with Gasteiger partial charge in [-0.2, -0.15) is 4.31 Å². The van der Waals surface area contributed by atoms with Gasteiger partial charge < -0.3 is 10.1 Å². The maximum atomic E-state index is 12.4. The number of thioether (sulfide) groups is 1. The Bertz CT molecular complexity index is 626. The second-order valence-corrected chi connectivity index (χ2v) is 8.29. The molecule has 0 spiro atoms. The molecular formula is C14H21N3O4S2. The second-order valence-electron chi connectivity index (χ2n) is 5.36. The van der Waals surface area contributed by atoms with Gasteiger partial charge in [-0.1, -0.05) is 11.8 Å². The van der Waals surface area contributed by atoms with Crippen LogP contribution in [0, 0.1) is 0 Å². The van der Waals surface area contributed by atoms with Crippen LogP contribution in [0.5, 0.6) is 0 Å². The van der Waals surface area contributed by atoms with Crippen LogP contribution in [-0.2, 0) is 19.6 Å². The normalized spacial score (nSPS) is 16.5. The van der Waals surface area contributed by atoms with Gasteiger partial charge in [0.25, 0.3) is 0 Å². The summed E-state index contributed by atoms with van der Waals surface area (Å²) in [5, 5.41) is 3.41. The van der Waals surface area contributed by atoms with Crippen molar-refractivity contribution >= 4 is 27.7 Å². The van der Waals surface area contributed by atoms with Crippen LogP contribution in [0.25, 0.3) is 0 Å². The van der Waals surface area contributed by atoms with Crippen LogP contribution in [0.4, 0.5) is 0 Å². The first-order valence-electron chi connectivity index (χ1n) is 7.35. The summed E-state index contributed by atoms with van der Waals surface area (Å²) in [6.07, 6.45) is 1.34. The van der Waals surface area contributed by atoms with Crippen molar-refractivity contribution < 1.29 is 17.9 Å². The zero-order valence-corrected chi connectivity index (χ0v) is 14.8. The summed E-state index contributed by atoms with van der Waals surface area (Å²) in [7, 11) is -3.52. The number of rotatable bonds is 6. The third kappa shape index (κ3) is 5.17. The lowest BCUT2D eigenvalue weighted by molar-refractivity contribution is -0.119. The van der Waals surface area contributed by atoms with E-state index in [0.717, 1.165) is 0 Å². The minimum absolute atomic E-state index is 0.0724. The first-order chi connectivity index (χ1) is 10.9. The van der Waals surface area contributed by atoms with Gasteiger partial charge in [-0.15, -0.1) is 0 Å². The molecule has 1 fully saturated rings. The number of nitrogens with zero attached hydrogens (tertiary/aromatic N) is 2. The number of carbonyl (C=O) groups excluding carboxylic acids is 1. The van der Waals surface area contributed by atoms with Crippen molar-refractivity contribution in [2.75, 3.05) is 32.1 Å². The lowest BCUT2D eigenvalue weighted by atomic mass is 10.4. The molecule has 0 atom stereocenters. The standard InChI is InChI=1S/C14H21N3O4S2/c1-11(2)16-13(18)10-22-14-4-3-12(9-15-14)23(19,20)17-5-7-21-8-6-17/h3-4,9,11H,5-8,10H2,1-2H3,(H,16,18). The quantitative estimate of drug-likeness (QED) is 0.753. The zero-order chi connectivity index (χ0) is 16.9. The van der Waals surface area contributed by atoms with E-state index in [1.54, 1.807) is 6.07 Å². The van der Waals surface area contributed by atoms with Gasteiger partial charge in [0.15, 0.2) is 0 Å². The van der Waals surface area contributed by atoms with Gasteiger partial charge in [-0.05, 0) is 26.0 Å². The van der Waals surface area contributed by atoms with E-state index >= 15 is 0 Å². The minimum Gasteiger partial charge on any atom is -0.379 e. The van der Waals surface area contributed by atoms with E-state index < -0.39 is 10.0 Å². The fourth-order valence-corrected chi connectivity index (χ4v) is 4.05. The molecule has 1 saturated heterocycles. The van der Waals surface area contributed by atoms with Gasteiger partial charge in [0.2, 0.25) is 15.9 Å². The molecule has 1 aliphatic rings. The highest BCUT2D eigenvalue weighted by Crippen LogP contribution is 2.20. The Kier molecular flexibility index (Phi) is 6.40. The molecule has 7 nitrogen and oxygen atoms in total. The van der Waals surface area contributed by atoms with Gasteiger partial charge >= 0.3 is 0 Å². The molecule has 1 aliphatic heterocycles. The highest BCUT2D eigenvalue weighted by atomic mass is 32.2. The van der Waals surface area contributed by atoms with Crippen LogP contribution in [0.15, 0.2) is 28.3 Å². The first kappa shape index (κ1) is 18.2. The van der Waals surface area contributed by atoms with Crippen molar-refractivity contribution in [1.29, 1.82) is 0 Å². The van der Waals surface area contributed by atoms with Crippen molar-refractivity contribution in [3.63, 3.8) is 0 Å². The van der Waals surface area contributed by atoms with Crippen molar-refractivity contribution in [3.05, 3.63) is 18.3 Å². The predicted octanol–water partition coefficient (Wildman–Crippen LogP) is 0.719. The molecule has 1 aromatic heterocycles. The molecule has 0 radical (unpaired) electrons. The molecule has 1 aromatic rings. The van der Waals surface area contributed by atoms with Crippen molar-refractivity contribution in [2.45, 2.75) is 29.8 Å². The van der Waals surface area contributed by atoms with Crippen molar-refractivity contribution in [1.82, 2.24) is 14.6 Å². The molecule has 0 aliphatic carbocycles. The Morgan fingerprint density at radius 3 is 2.65 bits per heavy atom. The second kappa shape index (κ2) is 8.09. The number of carbonyl (C=O) groups is 1. The van der Waals surface area contributed by atoms with Crippen LogP contribution in [0.1, 0.15) is 13.8 Å². The smallest absolute Gasteiger partial charge is 0.244 e. The predicted molar refractivity (Wildman–Crippen MR) is 87.8 cm³/mol. The lowest BCUT2D eigenvalue weighted by Crippen LogP contribution is -2.40. The van der Waals surface area contributed by atoms with E-state index in [4.69, 9.17) is 4.74 Å². The molecule has 0 aromatic carbocycles. The summed E-state index contributed by atoms with van der Waals surface area (Å²) in [4.78, 5) is 15.9. The number of pyridine rings is 1. The van der Waals surface area contributed by atoms with Crippen molar-refractivity contribution in [3.8, 4) is 0 Å². The molecule has 2 rings (SSSR count). The largest absolute Gasteiger partial charge is 0.379 e. The van der Waals surface area contributed by atoms with Crippen molar-refractivity contribution in [2.24, 2.45) is 0 Å².